The van der Waals surface area contributed by atoms with Crippen molar-refractivity contribution in [2.24, 2.45) is 27.8 Å². The van der Waals surface area contributed by atoms with Crippen LogP contribution in [-0.2, 0) is 83.5 Å². The first kappa shape index (κ1) is 80.2. The van der Waals surface area contributed by atoms with Gasteiger partial charge in [-0.3, -0.25) is 48.0 Å². The molecule has 54 heteroatoms. The zero-order valence-corrected chi connectivity index (χ0v) is 57.9. The number of carboxylic acid groups (broad SMARTS) is 1. The maximum atomic E-state index is 15.2. The van der Waals surface area contributed by atoms with Crippen molar-refractivity contribution in [3.05, 3.63) is 71.8 Å². The molecule has 16 atom stereocenters. The van der Waals surface area contributed by atoms with Gasteiger partial charge in [-0.25, -0.2) is 49.6 Å². The largest absolute Gasteiger partial charge is 0.481 e. The molecule has 0 bridgehead atoms. The van der Waals surface area contributed by atoms with Crippen LogP contribution in [0.2, 0.25) is 0 Å². The predicted octanol–water partition coefficient (Wildman–Crippen LogP) is -5.16. The van der Waals surface area contributed by atoms with Gasteiger partial charge in [0.2, 0.25) is 12.1 Å². The number of carboxylic acids is 1. The third kappa shape index (κ3) is 18.6. The second kappa shape index (κ2) is 32.6. The number of pyridine rings is 2. The number of ether oxygens (including phenoxy) is 6. The quantitative estimate of drug-likeness (QED) is 0.00299. The smallest absolute Gasteiger partial charge is 0.480 e. The van der Waals surface area contributed by atoms with Crippen LogP contribution in [0, 0.1) is 10.9 Å². The van der Waals surface area contributed by atoms with Gasteiger partial charge in [0.05, 0.1) is 64.9 Å². The summed E-state index contributed by atoms with van der Waals surface area (Å²) in [6, 6.07) is 5.48. The molecule has 10 rings (SSSR count). The number of Topliss-reactive ketones (excluding diaryl/α,β-unsaturated/α-hetero) is 2. The van der Waals surface area contributed by atoms with Gasteiger partial charge in [0, 0.05) is 12.1 Å². The number of amides is 3. The maximum absolute atomic E-state index is 15.2. The second-order valence-electron chi connectivity index (χ2n) is 23.9. The summed E-state index contributed by atoms with van der Waals surface area (Å²) in [5, 5.41) is 70.2. The van der Waals surface area contributed by atoms with Crippen molar-refractivity contribution in [1.82, 2.24) is 25.4 Å². The van der Waals surface area contributed by atoms with Gasteiger partial charge in [-0.1, -0.05) is 0 Å². The topological polar surface area (TPSA) is 743 Å². The number of hydrazine groups is 1. The summed E-state index contributed by atoms with van der Waals surface area (Å²) in [6.07, 6.45) is -15.2. The number of phosphoric ester groups is 2. The number of esters is 1. The molecule has 0 radical (unpaired) electrons. The maximum Gasteiger partial charge on any atom is 0.481 e. The van der Waals surface area contributed by atoms with Gasteiger partial charge < -0.3 is 126 Å². The van der Waals surface area contributed by atoms with E-state index in [4.69, 9.17) is 79.9 Å². The molecule has 0 spiro atoms. The van der Waals surface area contributed by atoms with Gasteiger partial charge in [0.1, 0.15) is 66.0 Å². The summed E-state index contributed by atoms with van der Waals surface area (Å²) in [5.41, 5.74) is 17.1. The Bertz CT molecular complexity index is 4260. The van der Waals surface area contributed by atoms with E-state index in [2.05, 4.69) is 54.9 Å². The van der Waals surface area contributed by atoms with Crippen molar-refractivity contribution in [3.8, 4) is 0 Å². The number of ketones is 2. The molecule has 6 aliphatic heterocycles. The third-order valence-electron chi connectivity index (χ3n) is 16.9. The fourth-order valence-corrected chi connectivity index (χ4v) is 15.0. The molecular formula is C52H70N18O32P4+2. The van der Waals surface area contributed by atoms with Gasteiger partial charge in [-0.15, -0.1) is 0 Å². The molecule has 0 saturated carbocycles. The van der Waals surface area contributed by atoms with Crippen LogP contribution >= 0.6 is 31.3 Å². The van der Waals surface area contributed by atoms with Crippen molar-refractivity contribution in [2.75, 3.05) is 83.9 Å². The van der Waals surface area contributed by atoms with E-state index >= 15 is 9.59 Å². The molecule has 578 valence electrons. The zero-order valence-electron chi connectivity index (χ0n) is 54.4. The standard InChI is InChI=1S/C52H68N18O32P4/c53-39(78)22-3-1-9-67(14-22)49-37(76)35(74)26(99-49)18-93-32(73)11-52(51(81)82,28(71)12-57-41-33-45(63-43(61-41)47(80)65-55)69(20-59-33)30-7-5-24(97-30)16-95-105(89,90)101-103(83,84)85)29(72)13-58-42-34-46(70(21-60-34)31-8-6-25(98-31)17-96-106(91,92)102-104(86,87)88)64-44(62-42)48(66-56)94-19-27-36(75)38(77)50(100-27)68-10-2-4-23(15-68)40(54)79/h1-4,9-10,14-15,24-27,30-31,35-38,48-50,74-77H,5-8,11-13,16-21H2,(H17-2,53,54,55,56,57,58,59,60,61,62,63,64,65,66,78,79,80,81,82,83,84,85,86,87,88,89,90,91,92)/p+2/t24-,25-,26+,27+,30+,31+,35+,36+,37+,38+,48?,49+,50+,52?/m0/s1. The molecule has 6 aliphatic rings. The second-order valence-corrected chi connectivity index (χ2v) is 29.6. The van der Waals surface area contributed by atoms with Gasteiger partial charge in [-0.2, -0.15) is 22.9 Å². The van der Waals surface area contributed by atoms with Crippen molar-refractivity contribution >= 4 is 107 Å². The van der Waals surface area contributed by atoms with Gasteiger partial charge in [0.15, 0.2) is 83.1 Å². The molecule has 3 amide bonds. The number of rotatable bonds is 35. The summed E-state index contributed by atoms with van der Waals surface area (Å²) in [4.78, 5) is 172. The van der Waals surface area contributed by atoms with E-state index in [9.17, 15) is 77.6 Å². The number of nitrogen functional groups attached to an aromatic ring is 1. The minimum absolute atomic E-state index is 0.00277. The van der Waals surface area contributed by atoms with Crippen molar-refractivity contribution in [3.63, 3.8) is 0 Å². The number of hydrogen-bond donors (Lipinski definition) is 20. The predicted molar refractivity (Wildman–Crippen MR) is 340 cm³/mol. The van der Waals surface area contributed by atoms with Crippen molar-refractivity contribution in [1.29, 1.82) is 5.53 Å². The van der Waals surface area contributed by atoms with Crippen LogP contribution in [0.4, 0.5) is 34.6 Å². The van der Waals surface area contributed by atoms with Crippen LogP contribution in [0.25, 0.3) is 0 Å². The fraction of sp³-hybridized carbons (Fsp3) is 0.519. The molecule has 50 nitrogen and oxygen atoms in total. The van der Waals surface area contributed by atoms with E-state index < -0.39 is 227 Å². The number of fused-ring (bicyclic) bond motifs is 2. The monoisotopic (exact) mass is 1580 g/mol. The van der Waals surface area contributed by atoms with E-state index in [1.165, 1.54) is 68.0 Å². The number of anilines is 6. The summed E-state index contributed by atoms with van der Waals surface area (Å²) in [7, 11) is -21.7. The Hall–Kier alpha value is -8.33. The van der Waals surface area contributed by atoms with Crippen LogP contribution < -0.4 is 62.9 Å². The van der Waals surface area contributed by atoms with Crippen LogP contribution in [-0.4, -0.2) is 230 Å². The molecule has 4 saturated heterocycles. The highest BCUT2D eigenvalue weighted by Crippen LogP contribution is 2.59. The molecule has 4 aromatic rings. The number of nitrogens with two attached hydrogens (primary N) is 3. The fourth-order valence-electron chi connectivity index (χ4n) is 11.8. The number of aliphatic hydroxyl groups excluding tert-OH is 4. The molecule has 4 fully saturated rings. The van der Waals surface area contributed by atoms with Crippen molar-refractivity contribution in [2.45, 2.75) is 112 Å². The third-order valence-corrected chi connectivity index (χ3v) is 21.2. The summed E-state index contributed by atoms with van der Waals surface area (Å²) in [5.74, 6) is -7.11. The lowest BCUT2D eigenvalue weighted by Gasteiger charge is -2.27. The average Bonchev–Trinajstić information content (AvgIpc) is 1.42. The Labute approximate surface area is 593 Å². The van der Waals surface area contributed by atoms with Crippen LogP contribution in [0.3, 0.4) is 0 Å². The Balaban J connectivity index is 0.944. The number of carbonyl (C=O) groups is 7. The minimum Gasteiger partial charge on any atom is -0.480 e. The number of carbonyl (C=O) groups excluding carboxylic acids is 6. The normalized spacial score (nSPS) is 26.1. The van der Waals surface area contributed by atoms with E-state index in [0.717, 1.165) is 0 Å². The van der Waals surface area contributed by atoms with Crippen LogP contribution in [0.15, 0.2) is 54.2 Å². The lowest BCUT2D eigenvalue weighted by molar-refractivity contribution is -0.766. The average molecular weight is 1580 g/mol. The lowest BCUT2D eigenvalue weighted by Crippen LogP contribution is -2.52. The number of aromatic nitrogens is 6. The zero-order chi connectivity index (χ0) is 77.1. The molecule has 23 N–H and O–H groups in total. The van der Waals surface area contributed by atoms with E-state index in [0.29, 0.717) is 0 Å². The molecule has 10 heterocycles. The lowest BCUT2D eigenvalue weighted by atomic mass is 9.75. The number of phosphoric acid groups is 4. The number of aliphatic carboxylic acids is 1. The number of primary amides is 2. The Morgan fingerprint density at radius 1 is 0.660 bits per heavy atom. The number of nitrogens with one attached hydrogen (secondary N) is 6. The highest BCUT2D eigenvalue weighted by molar-refractivity contribution is 7.61. The first-order valence-corrected chi connectivity index (χ1v) is 37.1. The van der Waals surface area contributed by atoms with Gasteiger partial charge >= 0.3 is 49.1 Å². The highest BCUT2D eigenvalue weighted by atomic mass is 31.3. The van der Waals surface area contributed by atoms with Crippen molar-refractivity contribution < 1.29 is 162 Å². The number of aliphatic hydroxyl groups is 4. The van der Waals surface area contributed by atoms with E-state index in [1.54, 1.807) is 0 Å². The summed E-state index contributed by atoms with van der Waals surface area (Å²) in [6.45, 7) is -6.26. The van der Waals surface area contributed by atoms with Crippen LogP contribution in [0.5, 0.6) is 0 Å². The Morgan fingerprint density at radius 2 is 1.12 bits per heavy atom. The molecular weight excluding hydrogens is 1510 g/mol. The first-order valence-electron chi connectivity index (χ1n) is 31.1. The molecule has 106 heavy (non-hydrogen) atoms. The SMILES string of the molecule is N=NC(OC[C@H]1O[C@@H]([n+]2cccc(C(N)=O)c2)[C@H](O)[C@@H]1O)c1nc(NCC(=O)C(CC(=O)OC[C@H]2O[C@@H]([n+]3cccc(C(N)=O)c3)[C@H](O)[C@@H]2O)(C(=O)O)C(=O)CNc2nc(C(=O)NN)nc3c2NCN3[C@H]2CC[C@@H](COP(=O)(O)OP(=O)(O)O)O2)c2c(n1)N([C@H]1CC[C@@H](COP(=O)(O)OP(=O)(O)O)O1)CN2. The van der Waals surface area contributed by atoms with E-state index in [1.807, 2.05) is 5.43 Å². The molecule has 4 aromatic heterocycles. The summed E-state index contributed by atoms with van der Waals surface area (Å²) >= 11 is 0. The molecule has 0 aromatic carbocycles. The Kier molecular flexibility index (Phi) is 24.7. The molecule has 4 unspecified atom stereocenters. The highest BCUT2D eigenvalue weighted by Gasteiger charge is 2.56. The van der Waals surface area contributed by atoms with E-state index in [-0.39, 0.29) is 73.2 Å². The minimum atomic E-state index is -5.53. The van der Waals surface area contributed by atoms with Gasteiger partial charge in [-0.05, 0) is 37.8 Å². The Morgan fingerprint density at radius 3 is 1.57 bits per heavy atom. The van der Waals surface area contributed by atoms with Gasteiger partial charge in [0.25, 0.3) is 24.3 Å². The van der Waals surface area contributed by atoms with Crippen LogP contribution in [0.1, 0.15) is 87.9 Å². The number of hydrogen-bond acceptors (Lipinski definition) is 38. The summed E-state index contributed by atoms with van der Waals surface area (Å²) < 4.78 is 102. The first-order chi connectivity index (χ1) is 49.9. The number of nitrogens with zero attached hydrogens (tertiary/aromatic N) is 9. The molecule has 0 aliphatic carbocycles.